The fourth-order valence-electron chi connectivity index (χ4n) is 2.38. The van der Waals surface area contributed by atoms with Crippen molar-refractivity contribution in [1.82, 2.24) is 10.2 Å². The number of hydrogen-bond acceptors (Lipinski definition) is 2. The molecule has 0 aliphatic rings. The van der Waals surface area contributed by atoms with Gasteiger partial charge in [-0.05, 0) is 37.3 Å². The summed E-state index contributed by atoms with van der Waals surface area (Å²) in [5, 5.41) is 5.33. The Morgan fingerprint density at radius 1 is 1.15 bits per heavy atom. The van der Waals surface area contributed by atoms with Crippen molar-refractivity contribution in [2.45, 2.75) is 19.9 Å². The Bertz CT molecular complexity index is 756. The summed E-state index contributed by atoms with van der Waals surface area (Å²) in [6.45, 7) is 2.69. The summed E-state index contributed by atoms with van der Waals surface area (Å²) in [6.07, 6.45) is 0.145. The van der Waals surface area contributed by atoms with E-state index < -0.39 is 0 Å². The summed E-state index contributed by atoms with van der Waals surface area (Å²) in [4.78, 5) is 25.7. The van der Waals surface area contributed by atoms with E-state index in [9.17, 15) is 14.0 Å². The Kier molecular flexibility index (Phi) is 7.59. The molecular weight excluding hydrogens is 401 g/mol. The minimum atomic E-state index is -0.370. The minimum Gasteiger partial charge on any atom is -0.338 e. The van der Waals surface area contributed by atoms with Crippen LogP contribution in [0.5, 0.6) is 0 Å². The minimum absolute atomic E-state index is 0.145. The molecule has 0 fully saturated rings. The number of halogens is 2. The molecule has 2 N–H and O–H groups in total. The Labute approximate surface area is 160 Å². The molecule has 0 saturated carbocycles. The van der Waals surface area contributed by atoms with Crippen LogP contribution < -0.4 is 10.6 Å². The second-order valence-electron chi connectivity index (χ2n) is 5.64. The van der Waals surface area contributed by atoms with Crippen LogP contribution in [0, 0.1) is 5.82 Å². The molecule has 2 aromatic carbocycles. The van der Waals surface area contributed by atoms with E-state index in [0.717, 1.165) is 4.47 Å². The van der Waals surface area contributed by atoms with Gasteiger partial charge in [0.15, 0.2) is 0 Å². The SMILES string of the molecule is CCN(Cc1cc(Br)ccc1F)C(=O)CCNC(=O)Nc1ccccc1. The molecule has 0 bridgehead atoms. The van der Waals surface area contributed by atoms with Crippen molar-refractivity contribution >= 4 is 33.6 Å². The Hall–Kier alpha value is -2.41. The van der Waals surface area contributed by atoms with E-state index in [1.807, 2.05) is 25.1 Å². The van der Waals surface area contributed by atoms with E-state index in [1.165, 1.54) is 6.07 Å². The van der Waals surface area contributed by atoms with Crippen LogP contribution in [0.25, 0.3) is 0 Å². The van der Waals surface area contributed by atoms with Crippen LogP contribution in [0.1, 0.15) is 18.9 Å². The summed E-state index contributed by atoms with van der Waals surface area (Å²) < 4.78 is 14.6. The molecule has 0 aliphatic carbocycles. The Morgan fingerprint density at radius 2 is 1.88 bits per heavy atom. The highest BCUT2D eigenvalue weighted by Gasteiger charge is 2.15. The average molecular weight is 422 g/mol. The topological polar surface area (TPSA) is 61.4 Å². The molecule has 2 rings (SSSR count). The summed E-state index contributed by atoms with van der Waals surface area (Å²) in [6, 6.07) is 13.3. The number of carbonyl (C=O) groups is 2. The zero-order valence-electron chi connectivity index (χ0n) is 14.5. The van der Waals surface area contributed by atoms with Crippen LogP contribution in [-0.4, -0.2) is 29.9 Å². The van der Waals surface area contributed by atoms with Gasteiger partial charge in [-0.25, -0.2) is 9.18 Å². The molecule has 0 heterocycles. The largest absolute Gasteiger partial charge is 0.338 e. The molecule has 0 saturated heterocycles. The summed E-state index contributed by atoms with van der Waals surface area (Å²) in [5.41, 5.74) is 1.13. The Morgan fingerprint density at radius 3 is 2.58 bits per heavy atom. The lowest BCUT2D eigenvalue weighted by Gasteiger charge is -2.21. The molecule has 0 spiro atoms. The molecule has 26 heavy (non-hydrogen) atoms. The predicted molar refractivity (Wildman–Crippen MR) is 103 cm³/mol. The highest BCUT2D eigenvalue weighted by molar-refractivity contribution is 9.10. The Balaban J connectivity index is 1.81. The summed E-state index contributed by atoms with van der Waals surface area (Å²) in [5.74, 6) is -0.494. The van der Waals surface area contributed by atoms with E-state index in [1.54, 1.807) is 29.2 Å². The highest BCUT2D eigenvalue weighted by Crippen LogP contribution is 2.17. The molecule has 0 aromatic heterocycles. The van der Waals surface area contributed by atoms with Crippen molar-refractivity contribution in [2.75, 3.05) is 18.4 Å². The number of rotatable bonds is 7. The van der Waals surface area contributed by atoms with Crippen molar-refractivity contribution in [3.8, 4) is 0 Å². The van der Waals surface area contributed by atoms with Gasteiger partial charge in [-0.1, -0.05) is 34.1 Å². The summed E-state index contributed by atoms with van der Waals surface area (Å²) in [7, 11) is 0. The molecular formula is C19H21BrFN3O2. The van der Waals surface area contributed by atoms with Gasteiger partial charge in [0.2, 0.25) is 5.91 Å². The fourth-order valence-corrected chi connectivity index (χ4v) is 2.79. The maximum Gasteiger partial charge on any atom is 0.319 e. The summed E-state index contributed by atoms with van der Waals surface area (Å²) >= 11 is 3.31. The number of nitrogens with zero attached hydrogens (tertiary/aromatic N) is 1. The lowest BCUT2D eigenvalue weighted by molar-refractivity contribution is -0.131. The number of nitrogens with one attached hydrogen (secondary N) is 2. The smallest absolute Gasteiger partial charge is 0.319 e. The van der Waals surface area contributed by atoms with Gasteiger partial charge in [0.25, 0.3) is 0 Å². The molecule has 138 valence electrons. The molecule has 2 aromatic rings. The number of hydrogen-bond donors (Lipinski definition) is 2. The first kappa shape index (κ1) is 19.9. The normalized spacial score (nSPS) is 10.3. The van der Waals surface area contributed by atoms with Crippen LogP contribution in [0.3, 0.4) is 0 Å². The molecule has 5 nitrogen and oxygen atoms in total. The number of amides is 3. The second-order valence-corrected chi connectivity index (χ2v) is 6.56. The van der Waals surface area contributed by atoms with Crippen molar-refractivity contribution in [1.29, 1.82) is 0 Å². The first-order valence-corrected chi connectivity index (χ1v) is 9.10. The standard InChI is InChI=1S/C19H21BrFN3O2/c1-2-24(13-14-12-15(20)8-9-17(14)21)18(25)10-11-22-19(26)23-16-6-4-3-5-7-16/h3-9,12H,2,10-11,13H2,1H3,(H2,22,23,26). The van der Waals surface area contributed by atoms with Crippen LogP contribution >= 0.6 is 15.9 Å². The van der Waals surface area contributed by atoms with Crippen molar-refractivity contribution in [3.63, 3.8) is 0 Å². The zero-order valence-corrected chi connectivity index (χ0v) is 16.1. The first-order chi connectivity index (χ1) is 12.5. The fraction of sp³-hybridized carbons (Fsp3) is 0.263. The number of carbonyl (C=O) groups excluding carboxylic acids is 2. The van der Waals surface area contributed by atoms with Crippen molar-refractivity contribution < 1.29 is 14.0 Å². The number of urea groups is 1. The zero-order chi connectivity index (χ0) is 18.9. The van der Waals surface area contributed by atoms with Crippen LogP contribution in [0.4, 0.5) is 14.9 Å². The van der Waals surface area contributed by atoms with Gasteiger partial charge in [0.1, 0.15) is 5.82 Å². The molecule has 7 heteroatoms. The maximum absolute atomic E-state index is 13.9. The van der Waals surface area contributed by atoms with E-state index in [4.69, 9.17) is 0 Å². The van der Waals surface area contributed by atoms with Gasteiger partial charge in [-0.3, -0.25) is 4.79 Å². The van der Waals surface area contributed by atoms with E-state index >= 15 is 0 Å². The van der Waals surface area contributed by atoms with Gasteiger partial charge in [0, 0.05) is 41.8 Å². The molecule has 3 amide bonds. The van der Waals surface area contributed by atoms with E-state index in [2.05, 4.69) is 26.6 Å². The quantitative estimate of drug-likeness (QED) is 0.705. The van der Waals surface area contributed by atoms with Crippen molar-refractivity contribution in [2.24, 2.45) is 0 Å². The molecule has 0 aliphatic heterocycles. The second kappa shape index (κ2) is 9.91. The van der Waals surface area contributed by atoms with E-state index in [-0.39, 0.29) is 37.3 Å². The number of para-hydroxylation sites is 1. The average Bonchev–Trinajstić information content (AvgIpc) is 2.63. The molecule has 0 unspecified atom stereocenters. The van der Waals surface area contributed by atoms with Gasteiger partial charge in [-0.15, -0.1) is 0 Å². The number of benzene rings is 2. The molecule has 0 radical (unpaired) electrons. The van der Waals surface area contributed by atoms with Crippen LogP contribution in [-0.2, 0) is 11.3 Å². The van der Waals surface area contributed by atoms with Gasteiger partial charge in [0.05, 0.1) is 0 Å². The van der Waals surface area contributed by atoms with Crippen LogP contribution in [0.15, 0.2) is 53.0 Å². The van der Waals surface area contributed by atoms with Gasteiger partial charge < -0.3 is 15.5 Å². The monoisotopic (exact) mass is 421 g/mol. The lowest BCUT2D eigenvalue weighted by Crippen LogP contribution is -2.35. The number of anilines is 1. The van der Waals surface area contributed by atoms with Crippen molar-refractivity contribution in [3.05, 3.63) is 64.4 Å². The lowest BCUT2D eigenvalue weighted by atomic mass is 10.2. The molecule has 0 atom stereocenters. The third kappa shape index (κ3) is 6.15. The van der Waals surface area contributed by atoms with Gasteiger partial charge >= 0.3 is 6.03 Å². The van der Waals surface area contributed by atoms with E-state index in [0.29, 0.717) is 17.8 Å². The van der Waals surface area contributed by atoms with Crippen LogP contribution in [0.2, 0.25) is 0 Å². The highest BCUT2D eigenvalue weighted by atomic mass is 79.9. The predicted octanol–water partition coefficient (Wildman–Crippen LogP) is 4.15. The third-order valence-electron chi connectivity index (χ3n) is 3.76. The van der Waals surface area contributed by atoms with Gasteiger partial charge in [-0.2, -0.15) is 0 Å². The maximum atomic E-state index is 13.9. The first-order valence-electron chi connectivity index (χ1n) is 8.31. The third-order valence-corrected chi connectivity index (χ3v) is 4.25.